The minimum absolute atomic E-state index is 0.00115. The summed E-state index contributed by atoms with van der Waals surface area (Å²) in [4.78, 5) is 20.6. The number of rotatable bonds is 6. The number of hydrogen-bond donors (Lipinski definition) is 0. The van der Waals surface area contributed by atoms with Crippen molar-refractivity contribution in [3.05, 3.63) is 53.6 Å². The summed E-state index contributed by atoms with van der Waals surface area (Å²) >= 11 is 0. The molecule has 170 valence electrons. The van der Waals surface area contributed by atoms with E-state index in [9.17, 15) is 8.42 Å². The predicted molar refractivity (Wildman–Crippen MR) is 129 cm³/mol. The molecule has 4 rings (SSSR count). The van der Waals surface area contributed by atoms with E-state index in [1.54, 1.807) is 6.20 Å². The van der Waals surface area contributed by atoms with E-state index < -0.39 is 9.84 Å². The highest BCUT2D eigenvalue weighted by Crippen LogP contribution is 2.28. The molecule has 9 heteroatoms. The zero-order valence-corrected chi connectivity index (χ0v) is 19.9. The van der Waals surface area contributed by atoms with Gasteiger partial charge in [0.05, 0.1) is 29.2 Å². The van der Waals surface area contributed by atoms with Crippen LogP contribution in [0.3, 0.4) is 0 Å². The average Bonchev–Trinajstić information content (AvgIpc) is 2.72. The third-order valence-corrected chi connectivity index (χ3v) is 6.55. The maximum atomic E-state index is 11.9. The molecule has 3 heterocycles. The van der Waals surface area contributed by atoms with Crippen molar-refractivity contribution in [2.45, 2.75) is 19.2 Å². The van der Waals surface area contributed by atoms with E-state index in [4.69, 9.17) is 0 Å². The van der Waals surface area contributed by atoms with Crippen LogP contribution in [0.25, 0.3) is 10.9 Å². The summed E-state index contributed by atoms with van der Waals surface area (Å²) in [6, 6.07) is 9.72. The number of aryl methyl sites for hydroxylation is 1. The first kappa shape index (κ1) is 22.4. The quantitative estimate of drug-likeness (QED) is 0.561. The molecule has 0 bridgehead atoms. The lowest BCUT2D eigenvalue weighted by Gasteiger charge is -2.33. The van der Waals surface area contributed by atoms with Crippen molar-refractivity contribution < 1.29 is 8.42 Å². The maximum Gasteiger partial charge on any atom is 0.151 e. The van der Waals surface area contributed by atoms with Crippen LogP contribution in [0.1, 0.15) is 17.1 Å². The highest BCUT2D eigenvalue weighted by Gasteiger charge is 2.18. The first-order valence-corrected chi connectivity index (χ1v) is 12.8. The van der Waals surface area contributed by atoms with E-state index in [0.29, 0.717) is 6.54 Å². The molecule has 1 aliphatic rings. The van der Waals surface area contributed by atoms with E-state index in [1.807, 2.05) is 38.2 Å². The second-order valence-corrected chi connectivity index (χ2v) is 10.8. The zero-order chi connectivity index (χ0) is 22.9. The van der Waals surface area contributed by atoms with Crippen LogP contribution in [0.2, 0.25) is 0 Å². The Kier molecular flexibility index (Phi) is 6.30. The number of piperazine rings is 1. The van der Waals surface area contributed by atoms with E-state index in [0.717, 1.165) is 65.7 Å². The monoisotopic (exact) mass is 454 g/mol. The normalized spacial score (nSPS) is 15.3. The molecule has 1 saturated heterocycles. The second kappa shape index (κ2) is 8.99. The SMILES string of the molecule is Cc1nc(CN(C)c2cc(CS(C)(=O)=O)cc3cccnc23)cc(N2CCN(C)CC2)n1. The predicted octanol–water partition coefficient (Wildman–Crippen LogP) is 2.27. The van der Waals surface area contributed by atoms with Gasteiger partial charge in [0, 0.05) is 57.1 Å². The molecule has 0 aliphatic carbocycles. The van der Waals surface area contributed by atoms with E-state index in [-0.39, 0.29) is 5.75 Å². The fraction of sp³-hybridized carbons (Fsp3) is 0.435. The van der Waals surface area contributed by atoms with Crippen LogP contribution in [-0.2, 0) is 22.1 Å². The van der Waals surface area contributed by atoms with Gasteiger partial charge >= 0.3 is 0 Å². The average molecular weight is 455 g/mol. The van der Waals surface area contributed by atoms with Crippen molar-refractivity contribution in [2.24, 2.45) is 0 Å². The molecule has 0 spiro atoms. The molecular weight excluding hydrogens is 424 g/mol. The standard InChI is InChI=1S/C23H30N6O2S/c1-17-25-20(14-22(26-17)29-10-8-27(2)9-11-29)15-28(3)21-13-18(16-32(4,30)31)12-19-6-5-7-24-23(19)21/h5-7,12-14H,8-11,15-16H2,1-4H3. The van der Waals surface area contributed by atoms with Crippen LogP contribution in [0.4, 0.5) is 11.5 Å². The summed E-state index contributed by atoms with van der Waals surface area (Å²) in [6.45, 7) is 6.42. The number of hydrogen-bond acceptors (Lipinski definition) is 8. The van der Waals surface area contributed by atoms with Gasteiger partial charge in [-0.05, 0) is 37.7 Å². The smallest absolute Gasteiger partial charge is 0.151 e. The largest absolute Gasteiger partial charge is 0.367 e. The van der Waals surface area contributed by atoms with Crippen LogP contribution in [0.15, 0.2) is 36.5 Å². The lowest BCUT2D eigenvalue weighted by molar-refractivity contribution is 0.312. The van der Waals surface area contributed by atoms with Gasteiger partial charge in [0.2, 0.25) is 0 Å². The molecular formula is C23H30N6O2S. The first-order chi connectivity index (χ1) is 15.2. The van der Waals surface area contributed by atoms with Gasteiger partial charge in [-0.2, -0.15) is 0 Å². The van der Waals surface area contributed by atoms with Gasteiger partial charge in [-0.3, -0.25) is 4.98 Å². The van der Waals surface area contributed by atoms with Crippen molar-refractivity contribution in [3.63, 3.8) is 0 Å². The number of aromatic nitrogens is 3. The molecule has 1 fully saturated rings. The number of fused-ring (bicyclic) bond motifs is 1. The minimum atomic E-state index is -3.14. The van der Waals surface area contributed by atoms with E-state index in [1.165, 1.54) is 6.26 Å². The molecule has 0 unspecified atom stereocenters. The Morgan fingerprint density at radius 2 is 1.84 bits per heavy atom. The summed E-state index contributed by atoms with van der Waals surface area (Å²) in [5, 5.41) is 0.924. The number of anilines is 2. The van der Waals surface area contributed by atoms with Gasteiger partial charge in [-0.25, -0.2) is 18.4 Å². The number of nitrogens with zero attached hydrogens (tertiary/aromatic N) is 6. The Labute approximate surface area is 189 Å². The van der Waals surface area contributed by atoms with Crippen molar-refractivity contribution in [3.8, 4) is 0 Å². The lowest BCUT2D eigenvalue weighted by Crippen LogP contribution is -2.45. The van der Waals surface area contributed by atoms with Crippen molar-refractivity contribution >= 4 is 32.2 Å². The van der Waals surface area contributed by atoms with Gasteiger partial charge in [0.1, 0.15) is 11.6 Å². The molecule has 1 aliphatic heterocycles. The highest BCUT2D eigenvalue weighted by atomic mass is 32.2. The van der Waals surface area contributed by atoms with Crippen LogP contribution in [-0.4, -0.2) is 74.8 Å². The fourth-order valence-corrected chi connectivity index (χ4v) is 4.90. The summed E-state index contributed by atoms with van der Waals surface area (Å²) in [5.41, 5.74) is 3.41. The van der Waals surface area contributed by atoms with Crippen LogP contribution >= 0.6 is 0 Å². The van der Waals surface area contributed by atoms with Gasteiger partial charge in [0.25, 0.3) is 0 Å². The van der Waals surface area contributed by atoms with Crippen LogP contribution in [0, 0.1) is 6.92 Å². The maximum absolute atomic E-state index is 11.9. The van der Waals surface area contributed by atoms with Gasteiger partial charge < -0.3 is 14.7 Å². The lowest BCUT2D eigenvalue weighted by atomic mass is 10.1. The number of pyridine rings is 1. The Hall–Kier alpha value is -2.78. The Morgan fingerprint density at radius 3 is 2.56 bits per heavy atom. The van der Waals surface area contributed by atoms with E-state index in [2.05, 4.69) is 42.8 Å². The Bertz CT molecular complexity index is 1220. The van der Waals surface area contributed by atoms with Crippen LogP contribution in [0.5, 0.6) is 0 Å². The van der Waals surface area contributed by atoms with Gasteiger partial charge in [0.15, 0.2) is 9.84 Å². The molecule has 2 aromatic heterocycles. The topological polar surface area (TPSA) is 82.5 Å². The van der Waals surface area contributed by atoms with E-state index >= 15 is 0 Å². The molecule has 0 N–H and O–H groups in total. The fourth-order valence-electron chi connectivity index (χ4n) is 4.13. The molecule has 3 aromatic rings. The van der Waals surface area contributed by atoms with Crippen LogP contribution < -0.4 is 9.80 Å². The third kappa shape index (κ3) is 5.34. The summed E-state index contributed by atoms with van der Waals surface area (Å²) in [5.74, 6) is 1.71. The Morgan fingerprint density at radius 1 is 1.09 bits per heavy atom. The summed E-state index contributed by atoms with van der Waals surface area (Å²) in [6.07, 6.45) is 3.02. The third-order valence-electron chi connectivity index (χ3n) is 5.69. The Balaban J connectivity index is 1.64. The van der Waals surface area contributed by atoms with Crippen molar-refractivity contribution in [2.75, 3.05) is 56.3 Å². The summed E-state index contributed by atoms with van der Waals surface area (Å²) < 4.78 is 23.8. The minimum Gasteiger partial charge on any atom is -0.367 e. The van der Waals surface area contributed by atoms with Gasteiger partial charge in [-0.1, -0.05) is 6.07 Å². The first-order valence-electron chi connectivity index (χ1n) is 10.7. The highest BCUT2D eigenvalue weighted by molar-refractivity contribution is 7.89. The molecule has 0 atom stereocenters. The molecule has 0 saturated carbocycles. The zero-order valence-electron chi connectivity index (χ0n) is 19.1. The molecule has 0 amide bonds. The number of sulfone groups is 1. The van der Waals surface area contributed by atoms with Gasteiger partial charge in [-0.15, -0.1) is 0 Å². The summed E-state index contributed by atoms with van der Waals surface area (Å²) in [7, 11) is 0.982. The molecule has 32 heavy (non-hydrogen) atoms. The molecule has 1 aromatic carbocycles. The number of likely N-dealkylation sites (N-methyl/N-ethyl adjacent to an activating group) is 1. The van der Waals surface area contributed by atoms with Crippen molar-refractivity contribution in [1.29, 1.82) is 0 Å². The molecule has 8 nitrogen and oxygen atoms in total. The van der Waals surface area contributed by atoms with Crippen molar-refractivity contribution in [1.82, 2.24) is 19.9 Å². The number of benzene rings is 1. The molecule has 0 radical (unpaired) electrons. The second-order valence-electron chi connectivity index (χ2n) is 8.67.